The largest absolute Gasteiger partial charge is 0.460 e. The number of hydrogen-bond acceptors (Lipinski definition) is 5. The van der Waals surface area contributed by atoms with Crippen molar-refractivity contribution in [2.45, 2.75) is 76.9 Å². The number of nitrogens with one attached hydrogen (secondary N) is 1. The number of amides is 2. The Labute approximate surface area is 201 Å². The number of carbonyl (C=O) groups excluding carboxylic acids is 2. The van der Waals surface area contributed by atoms with E-state index >= 15 is 0 Å². The summed E-state index contributed by atoms with van der Waals surface area (Å²) in [6.45, 7) is 8.66. The molecule has 0 aromatic carbocycles. The molecule has 5 rings (SSSR count). The van der Waals surface area contributed by atoms with Gasteiger partial charge < -0.3 is 23.9 Å². The summed E-state index contributed by atoms with van der Waals surface area (Å²) in [5, 5.41) is 3.36. The minimum atomic E-state index is -0.962. The molecule has 0 bridgehead atoms. The van der Waals surface area contributed by atoms with Crippen LogP contribution in [0, 0.1) is 6.92 Å². The molecule has 0 spiro atoms. The van der Waals surface area contributed by atoms with Crippen molar-refractivity contribution in [1.82, 2.24) is 19.7 Å². The molecule has 8 nitrogen and oxygen atoms in total. The van der Waals surface area contributed by atoms with Crippen molar-refractivity contribution in [3.8, 4) is 0 Å². The van der Waals surface area contributed by atoms with Gasteiger partial charge in [-0.05, 0) is 26.7 Å². The summed E-state index contributed by atoms with van der Waals surface area (Å²) in [5.74, 6) is 0.670. The molecular weight excluding hydrogens is 432 g/mol. The highest BCUT2D eigenvalue weighted by atomic mass is 16.5. The molecule has 1 aliphatic carbocycles. The molecule has 3 aliphatic rings. The molecule has 2 aromatic rings. The van der Waals surface area contributed by atoms with Crippen molar-refractivity contribution >= 4 is 22.9 Å². The van der Waals surface area contributed by atoms with E-state index in [4.69, 9.17) is 9.15 Å². The quantitative estimate of drug-likeness (QED) is 0.725. The molecular formula is C26H38N4O4. The van der Waals surface area contributed by atoms with Crippen LogP contribution in [0.5, 0.6) is 0 Å². The summed E-state index contributed by atoms with van der Waals surface area (Å²) < 4.78 is 13.3. The predicted molar refractivity (Wildman–Crippen MR) is 130 cm³/mol. The molecule has 1 saturated carbocycles. The monoisotopic (exact) mass is 470 g/mol. The van der Waals surface area contributed by atoms with Gasteiger partial charge in [0.05, 0.1) is 25.3 Å². The van der Waals surface area contributed by atoms with Crippen molar-refractivity contribution in [1.29, 1.82) is 0 Å². The van der Waals surface area contributed by atoms with E-state index in [2.05, 4.69) is 10.2 Å². The molecule has 1 atom stereocenters. The summed E-state index contributed by atoms with van der Waals surface area (Å²) >= 11 is 0. The number of rotatable bonds is 5. The Morgan fingerprint density at radius 1 is 1.09 bits per heavy atom. The van der Waals surface area contributed by atoms with Gasteiger partial charge in [-0.25, -0.2) is 0 Å². The third-order valence-electron chi connectivity index (χ3n) is 7.91. The number of carbonyl (C=O) groups is 2. The van der Waals surface area contributed by atoms with Gasteiger partial charge in [0.2, 0.25) is 5.91 Å². The zero-order chi connectivity index (χ0) is 23.7. The average molecular weight is 471 g/mol. The standard InChI is InChI=1S/C26H38N4O4/c1-19-16-21-23(34-19)17-22-24(31)30(11-10-28-12-14-33-15-13-28)26(2,18-29(21)22)25(32)27-20-8-6-4-3-5-7-9-20/h16-17,20H,3-15,18H2,1-2H3,(H,27,32)/t26-/m1/s1. The Kier molecular flexibility index (Phi) is 6.71. The van der Waals surface area contributed by atoms with Crippen LogP contribution in [0.2, 0.25) is 0 Å². The molecule has 186 valence electrons. The summed E-state index contributed by atoms with van der Waals surface area (Å²) in [7, 11) is 0. The van der Waals surface area contributed by atoms with Crippen molar-refractivity contribution in [2.75, 3.05) is 39.4 Å². The van der Waals surface area contributed by atoms with Gasteiger partial charge >= 0.3 is 0 Å². The molecule has 2 fully saturated rings. The minimum Gasteiger partial charge on any atom is -0.460 e. The second-order valence-electron chi connectivity index (χ2n) is 10.4. The maximum absolute atomic E-state index is 13.9. The normalized spacial score (nSPS) is 25.2. The lowest BCUT2D eigenvalue weighted by molar-refractivity contribution is -0.134. The Morgan fingerprint density at radius 2 is 1.79 bits per heavy atom. The maximum atomic E-state index is 13.9. The number of fused-ring (bicyclic) bond motifs is 3. The Balaban J connectivity index is 1.42. The molecule has 1 saturated heterocycles. The average Bonchev–Trinajstić information content (AvgIpc) is 3.32. The van der Waals surface area contributed by atoms with E-state index < -0.39 is 5.54 Å². The van der Waals surface area contributed by atoms with Crippen LogP contribution >= 0.6 is 0 Å². The van der Waals surface area contributed by atoms with Gasteiger partial charge in [-0.2, -0.15) is 0 Å². The first kappa shape index (κ1) is 23.4. The zero-order valence-electron chi connectivity index (χ0n) is 20.6. The van der Waals surface area contributed by atoms with Gasteiger partial charge in [0.15, 0.2) is 5.58 Å². The Morgan fingerprint density at radius 3 is 2.53 bits per heavy atom. The summed E-state index contributed by atoms with van der Waals surface area (Å²) in [5.41, 5.74) is 1.24. The first-order chi connectivity index (χ1) is 16.5. The lowest BCUT2D eigenvalue weighted by Gasteiger charge is -2.45. The maximum Gasteiger partial charge on any atom is 0.271 e. The van der Waals surface area contributed by atoms with E-state index in [9.17, 15) is 9.59 Å². The highest BCUT2D eigenvalue weighted by Crippen LogP contribution is 2.34. The van der Waals surface area contributed by atoms with Crippen LogP contribution in [0.15, 0.2) is 16.5 Å². The fourth-order valence-electron chi connectivity index (χ4n) is 5.82. The summed E-state index contributed by atoms with van der Waals surface area (Å²) in [6, 6.07) is 3.98. The van der Waals surface area contributed by atoms with Crippen LogP contribution in [0.3, 0.4) is 0 Å². The van der Waals surface area contributed by atoms with Crippen LogP contribution < -0.4 is 5.32 Å². The number of aryl methyl sites for hydroxylation is 1. The highest BCUT2D eigenvalue weighted by molar-refractivity contribution is 6.03. The molecule has 8 heteroatoms. The Hall–Kier alpha value is -2.32. The number of hydrogen-bond donors (Lipinski definition) is 1. The number of aromatic nitrogens is 1. The first-order valence-corrected chi connectivity index (χ1v) is 13.0. The van der Waals surface area contributed by atoms with Crippen molar-refractivity contribution in [2.24, 2.45) is 0 Å². The van der Waals surface area contributed by atoms with Gasteiger partial charge in [-0.15, -0.1) is 0 Å². The van der Waals surface area contributed by atoms with Gasteiger partial charge in [0.1, 0.15) is 17.0 Å². The lowest BCUT2D eigenvalue weighted by Crippen LogP contribution is -2.65. The topological polar surface area (TPSA) is 80.0 Å². The van der Waals surface area contributed by atoms with Gasteiger partial charge in [-0.1, -0.05) is 32.1 Å². The first-order valence-electron chi connectivity index (χ1n) is 13.0. The van der Waals surface area contributed by atoms with Crippen molar-refractivity contribution in [3.63, 3.8) is 0 Å². The van der Waals surface area contributed by atoms with E-state index in [1.54, 1.807) is 0 Å². The smallest absolute Gasteiger partial charge is 0.271 e. The second-order valence-corrected chi connectivity index (χ2v) is 10.4. The lowest BCUT2D eigenvalue weighted by atomic mass is 9.92. The number of nitrogens with zero attached hydrogens (tertiary/aromatic N) is 3. The van der Waals surface area contributed by atoms with Crippen LogP contribution in [0.25, 0.3) is 11.1 Å². The molecule has 0 unspecified atom stereocenters. The van der Waals surface area contributed by atoms with Crippen LogP contribution in [-0.2, 0) is 16.1 Å². The molecule has 1 N–H and O–H groups in total. The fourth-order valence-corrected chi connectivity index (χ4v) is 5.82. The van der Waals surface area contributed by atoms with Crippen LogP contribution in [0.1, 0.15) is 68.1 Å². The molecule has 4 heterocycles. The van der Waals surface area contributed by atoms with E-state index in [0.29, 0.717) is 37.6 Å². The SMILES string of the molecule is Cc1cc2c(cc3n2C[C@](C)(C(=O)NC2CCCCCCC2)N(CCN2CCOCC2)C3=O)o1. The third-order valence-corrected chi connectivity index (χ3v) is 7.91. The third kappa shape index (κ3) is 4.50. The summed E-state index contributed by atoms with van der Waals surface area (Å²) in [4.78, 5) is 31.8. The van der Waals surface area contributed by atoms with Crippen molar-refractivity contribution in [3.05, 3.63) is 23.6 Å². The molecule has 0 radical (unpaired) electrons. The molecule has 2 aromatic heterocycles. The predicted octanol–water partition coefficient (Wildman–Crippen LogP) is 3.32. The number of furan rings is 1. The Bertz CT molecular complexity index is 1030. The van der Waals surface area contributed by atoms with Crippen molar-refractivity contribution < 1.29 is 18.7 Å². The second kappa shape index (κ2) is 9.74. The van der Waals surface area contributed by atoms with E-state index in [-0.39, 0.29) is 17.9 Å². The van der Waals surface area contributed by atoms with E-state index in [1.807, 2.05) is 35.4 Å². The molecule has 34 heavy (non-hydrogen) atoms. The molecule has 2 aliphatic heterocycles. The minimum absolute atomic E-state index is 0.0406. The number of morpholine rings is 1. The molecule has 2 amide bonds. The fraction of sp³-hybridized carbons (Fsp3) is 0.692. The van der Waals surface area contributed by atoms with Crippen LogP contribution in [-0.4, -0.2) is 77.2 Å². The zero-order valence-corrected chi connectivity index (χ0v) is 20.6. The van der Waals surface area contributed by atoms with E-state index in [0.717, 1.165) is 56.6 Å². The van der Waals surface area contributed by atoms with Gasteiger partial charge in [0.25, 0.3) is 5.91 Å². The van der Waals surface area contributed by atoms with E-state index in [1.165, 1.54) is 19.3 Å². The van der Waals surface area contributed by atoms with Gasteiger partial charge in [-0.3, -0.25) is 14.5 Å². The summed E-state index contributed by atoms with van der Waals surface area (Å²) in [6.07, 6.45) is 8.10. The van der Waals surface area contributed by atoms with Crippen LogP contribution in [0.4, 0.5) is 0 Å². The highest BCUT2D eigenvalue weighted by Gasteiger charge is 2.48. The van der Waals surface area contributed by atoms with Gasteiger partial charge in [0, 0.05) is 44.4 Å². The number of ether oxygens (including phenoxy) is 1.